The predicted octanol–water partition coefficient (Wildman–Crippen LogP) is 1.68. The lowest BCUT2D eigenvalue weighted by Gasteiger charge is -2.13. The molecular formula is C14H17BrN2O3. The Morgan fingerprint density at radius 2 is 2.15 bits per heavy atom. The fraction of sp³-hybridized carbons (Fsp3) is 0.286. The number of likely N-dealkylation sites (N-methyl/N-ethyl adjacent to an activating group) is 2. The Bertz CT molecular complexity index is 529. The summed E-state index contributed by atoms with van der Waals surface area (Å²) in [6.07, 6.45) is 3.07. The van der Waals surface area contributed by atoms with E-state index in [1.54, 1.807) is 20.2 Å². The molecule has 1 aromatic rings. The zero-order chi connectivity index (χ0) is 15.1. The van der Waals surface area contributed by atoms with Crippen LogP contribution < -0.4 is 10.1 Å². The topological polar surface area (TPSA) is 58.6 Å². The minimum absolute atomic E-state index is 0.0231. The number of carbonyl (C=O) groups is 2. The molecule has 0 aliphatic rings. The maximum absolute atomic E-state index is 11.9. The first-order valence-corrected chi connectivity index (χ1v) is 6.74. The molecule has 5 nitrogen and oxygen atoms in total. The monoisotopic (exact) mass is 340 g/mol. The van der Waals surface area contributed by atoms with E-state index in [4.69, 9.17) is 4.74 Å². The molecule has 108 valence electrons. The molecule has 0 saturated carbocycles. The molecule has 0 aromatic heterocycles. The molecule has 0 aliphatic heterocycles. The molecule has 0 unspecified atom stereocenters. The second-order valence-corrected chi connectivity index (χ2v) is 5.00. The fourth-order valence-corrected chi connectivity index (χ4v) is 1.87. The number of hydrogen-bond donors (Lipinski definition) is 1. The molecule has 0 saturated heterocycles. The van der Waals surface area contributed by atoms with E-state index in [9.17, 15) is 9.59 Å². The van der Waals surface area contributed by atoms with Crippen molar-refractivity contribution < 1.29 is 14.3 Å². The molecule has 0 atom stereocenters. The van der Waals surface area contributed by atoms with E-state index in [1.807, 2.05) is 18.2 Å². The van der Waals surface area contributed by atoms with Crippen LogP contribution in [-0.2, 0) is 9.59 Å². The van der Waals surface area contributed by atoms with E-state index in [2.05, 4.69) is 21.2 Å². The van der Waals surface area contributed by atoms with Gasteiger partial charge in [-0.15, -0.1) is 0 Å². The van der Waals surface area contributed by atoms with Gasteiger partial charge < -0.3 is 15.0 Å². The molecule has 0 bridgehead atoms. The minimum Gasteiger partial charge on any atom is -0.496 e. The van der Waals surface area contributed by atoms with Gasteiger partial charge in [0.05, 0.1) is 13.7 Å². The molecule has 20 heavy (non-hydrogen) atoms. The molecule has 1 aromatic carbocycles. The summed E-state index contributed by atoms with van der Waals surface area (Å²) in [5, 5.41) is 2.47. The largest absolute Gasteiger partial charge is 0.496 e. The highest BCUT2D eigenvalue weighted by Crippen LogP contribution is 2.24. The zero-order valence-corrected chi connectivity index (χ0v) is 13.2. The predicted molar refractivity (Wildman–Crippen MR) is 81.4 cm³/mol. The van der Waals surface area contributed by atoms with Gasteiger partial charge in [-0.2, -0.15) is 0 Å². The number of nitrogens with zero attached hydrogens (tertiary/aromatic N) is 1. The molecule has 0 spiro atoms. The van der Waals surface area contributed by atoms with Gasteiger partial charge in [0.25, 0.3) is 0 Å². The van der Waals surface area contributed by atoms with Gasteiger partial charge in [0.2, 0.25) is 11.8 Å². The Morgan fingerprint density at radius 3 is 2.75 bits per heavy atom. The molecule has 6 heteroatoms. The number of benzene rings is 1. The molecule has 1 rings (SSSR count). The first-order valence-electron chi connectivity index (χ1n) is 5.95. The first kappa shape index (κ1) is 16.2. The van der Waals surface area contributed by atoms with Crippen LogP contribution in [0.1, 0.15) is 5.56 Å². The van der Waals surface area contributed by atoms with Crippen LogP contribution in [0.15, 0.2) is 28.7 Å². The number of ether oxygens (including phenoxy) is 1. The smallest absolute Gasteiger partial charge is 0.246 e. The number of hydrogen-bond acceptors (Lipinski definition) is 3. The van der Waals surface area contributed by atoms with Crippen molar-refractivity contribution in [1.82, 2.24) is 10.2 Å². The van der Waals surface area contributed by atoms with E-state index in [0.29, 0.717) is 5.75 Å². The summed E-state index contributed by atoms with van der Waals surface area (Å²) in [5.41, 5.74) is 0.781. The standard InChI is InChI=1S/C14H17BrN2O3/c1-16-13(18)9-17(2)14(19)7-4-10-8-11(15)5-6-12(10)20-3/h4-8H,9H2,1-3H3,(H,16,18)/b7-4+. The highest BCUT2D eigenvalue weighted by Gasteiger charge is 2.09. The van der Waals surface area contributed by atoms with Crippen LogP contribution >= 0.6 is 15.9 Å². The summed E-state index contributed by atoms with van der Waals surface area (Å²) in [6, 6.07) is 5.51. The highest BCUT2D eigenvalue weighted by atomic mass is 79.9. The van der Waals surface area contributed by atoms with Crippen LogP contribution in [0.2, 0.25) is 0 Å². The summed E-state index contributed by atoms with van der Waals surface area (Å²) in [5.74, 6) is 0.205. The molecular weight excluding hydrogens is 324 g/mol. The SMILES string of the molecule is CNC(=O)CN(C)C(=O)/C=C/c1cc(Br)ccc1OC. The van der Waals surface area contributed by atoms with E-state index in [1.165, 1.54) is 18.0 Å². The molecule has 1 N–H and O–H groups in total. The molecule has 0 heterocycles. The maximum Gasteiger partial charge on any atom is 0.246 e. The summed E-state index contributed by atoms with van der Waals surface area (Å²) >= 11 is 3.37. The van der Waals surface area contributed by atoms with Crippen LogP contribution in [0.5, 0.6) is 5.75 Å². The minimum atomic E-state index is -0.254. The molecule has 0 radical (unpaired) electrons. The molecule has 2 amide bonds. The van der Waals surface area contributed by atoms with Crippen molar-refractivity contribution in [2.24, 2.45) is 0 Å². The van der Waals surface area contributed by atoms with Crippen molar-refractivity contribution in [3.8, 4) is 5.75 Å². The third-order valence-corrected chi connectivity index (χ3v) is 3.13. The quantitative estimate of drug-likeness (QED) is 0.829. The van der Waals surface area contributed by atoms with Crippen molar-refractivity contribution in [2.45, 2.75) is 0 Å². The van der Waals surface area contributed by atoms with Crippen LogP contribution in [0, 0.1) is 0 Å². The zero-order valence-electron chi connectivity index (χ0n) is 11.6. The van der Waals surface area contributed by atoms with Gasteiger partial charge in [0.1, 0.15) is 5.75 Å². The van der Waals surface area contributed by atoms with Gasteiger partial charge in [-0.1, -0.05) is 15.9 Å². The summed E-state index contributed by atoms with van der Waals surface area (Å²) in [4.78, 5) is 24.4. The van der Waals surface area contributed by atoms with Gasteiger partial charge in [-0.3, -0.25) is 9.59 Å². The van der Waals surface area contributed by atoms with Crippen LogP contribution in [0.25, 0.3) is 6.08 Å². The number of methoxy groups -OCH3 is 1. The third kappa shape index (κ3) is 4.70. The van der Waals surface area contributed by atoms with Gasteiger partial charge in [-0.25, -0.2) is 0 Å². The van der Waals surface area contributed by atoms with Gasteiger partial charge in [0, 0.05) is 30.2 Å². The Hall–Kier alpha value is -1.82. The second-order valence-electron chi connectivity index (χ2n) is 4.09. The van der Waals surface area contributed by atoms with Crippen LogP contribution in [0.3, 0.4) is 0 Å². The van der Waals surface area contributed by atoms with Gasteiger partial charge >= 0.3 is 0 Å². The third-order valence-electron chi connectivity index (χ3n) is 2.63. The number of carbonyl (C=O) groups excluding carboxylic acids is 2. The van der Waals surface area contributed by atoms with Crippen molar-refractivity contribution in [2.75, 3.05) is 27.7 Å². The lowest BCUT2D eigenvalue weighted by atomic mass is 10.2. The van der Waals surface area contributed by atoms with E-state index < -0.39 is 0 Å². The first-order chi connectivity index (χ1) is 9.47. The molecule has 0 fully saturated rings. The van der Waals surface area contributed by atoms with Crippen molar-refractivity contribution in [3.05, 3.63) is 34.3 Å². The van der Waals surface area contributed by atoms with E-state index in [0.717, 1.165) is 10.0 Å². The maximum atomic E-state index is 11.9. The average Bonchev–Trinajstić information content (AvgIpc) is 2.44. The lowest BCUT2D eigenvalue weighted by molar-refractivity contribution is -0.130. The fourth-order valence-electron chi connectivity index (χ4n) is 1.50. The number of halogens is 1. The Labute approximate surface area is 126 Å². The summed E-state index contributed by atoms with van der Waals surface area (Å²) < 4.78 is 6.11. The van der Waals surface area contributed by atoms with Crippen LogP contribution in [-0.4, -0.2) is 44.5 Å². The summed E-state index contributed by atoms with van der Waals surface area (Å²) in [7, 11) is 4.67. The summed E-state index contributed by atoms with van der Waals surface area (Å²) in [6.45, 7) is 0.0231. The van der Waals surface area contributed by atoms with E-state index >= 15 is 0 Å². The Morgan fingerprint density at radius 1 is 1.45 bits per heavy atom. The Balaban J connectivity index is 2.79. The van der Waals surface area contributed by atoms with Gasteiger partial charge in [-0.05, 0) is 24.3 Å². The van der Waals surface area contributed by atoms with Crippen LogP contribution in [0.4, 0.5) is 0 Å². The number of amides is 2. The van der Waals surface area contributed by atoms with Crippen molar-refractivity contribution in [1.29, 1.82) is 0 Å². The number of rotatable bonds is 5. The highest BCUT2D eigenvalue weighted by molar-refractivity contribution is 9.10. The average molecular weight is 341 g/mol. The molecule has 0 aliphatic carbocycles. The second kappa shape index (κ2) is 7.69. The van der Waals surface area contributed by atoms with Crippen molar-refractivity contribution >= 4 is 33.8 Å². The van der Waals surface area contributed by atoms with E-state index in [-0.39, 0.29) is 18.4 Å². The van der Waals surface area contributed by atoms with Gasteiger partial charge in [0.15, 0.2) is 0 Å². The Kier molecular flexibility index (Phi) is 6.24. The number of nitrogens with one attached hydrogen (secondary N) is 1. The lowest BCUT2D eigenvalue weighted by Crippen LogP contribution is -2.36. The van der Waals surface area contributed by atoms with Crippen molar-refractivity contribution in [3.63, 3.8) is 0 Å². The normalized spacial score (nSPS) is 10.4.